The van der Waals surface area contributed by atoms with Gasteiger partial charge in [0.05, 0.1) is 0 Å². The van der Waals surface area contributed by atoms with Crippen LogP contribution in [-0.4, -0.2) is 21.6 Å². The van der Waals surface area contributed by atoms with Gasteiger partial charge in [0.2, 0.25) is 0 Å². The molecule has 2 aliphatic rings. The molecule has 0 amide bonds. The van der Waals surface area contributed by atoms with Gasteiger partial charge in [-0.3, -0.25) is 0 Å². The van der Waals surface area contributed by atoms with Crippen LogP contribution in [0.5, 0.6) is 0 Å². The Kier molecular flexibility index (Phi) is 15.3. The maximum atomic E-state index is 2.63. The van der Waals surface area contributed by atoms with Crippen LogP contribution in [0.4, 0.5) is 0 Å². The average molecular weight is 683 g/mol. The van der Waals surface area contributed by atoms with Gasteiger partial charge in [-0.05, 0) is 80.5 Å². The fourth-order valence-corrected chi connectivity index (χ4v) is 17.4. The third kappa shape index (κ3) is 9.23. The molecule has 0 bridgehead atoms. The van der Waals surface area contributed by atoms with Crippen molar-refractivity contribution in [2.24, 2.45) is 5.92 Å². The Labute approximate surface area is 290 Å². The van der Waals surface area contributed by atoms with Gasteiger partial charge in [0.15, 0.2) is 0 Å². The van der Waals surface area contributed by atoms with Gasteiger partial charge in [0.25, 0.3) is 0 Å². The summed E-state index contributed by atoms with van der Waals surface area (Å²) in [6, 6.07) is 32.3. The van der Waals surface area contributed by atoms with Crippen LogP contribution in [0, 0.1) is 20.8 Å². The number of hydrogen-bond acceptors (Lipinski definition) is 0. The van der Waals surface area contributed by atoms with Crippen LogP contribution in [0.15, 0.2) is 84.9 Å². The summed E-state index contributed by atoms with van der Waals surface area (Å²) < 4.78 is 0. The number of fused-ring (bicyclic) bond motifs is 2. The molecule has 0 aromatic heterocycles. The van der Waals surface area contributed by atoms with Crippen LogP contribution in [0.3, 0.4) is 0 Å². The van der Waals surface area contributed by atoms with E-state index in [1.54, 1.807) is 10.6 Å². The van der Waals surface area contributed by atoms with E-state index in [2.05, 4.69) is 133 Å². The largest absolute Gasteiger partial charge is 2.00 e. The Morgan fingerprint density at radius 2 is 0.956 bits per heavy atom. The van der Waals surface area contributed by atoms with Crippen molar-refractivity contribution in [3.8, 4) is 0 Å². The molecule has 3 unspecified atom stereocenters. The molecule has 4 aromatic carbocycles. The van der Waals surface area contributed by atoms with Crippen molar-refractivity contribution in [2.45, 2.75) is 121 Å². The van der Waals surface area contributed by atoms with E-state index in [4.69, 9.17) is 0 Å². The molecule has 2 fully saturated rings. The second kappa shape index (κ2) is 17.3. The summed E-state index contributed by atoms with van der Waals surface area (Å²) >= 11 is 0. The molecule has 0 saturated heterocycles. The molecule has 0 radical (unpaired) electrons. The minimum atomic E-state index is -0.509. The van der Waals surface area contributed by atoms with Crippen LogP contribution in [0.2, 0.25) is 0 Å². The van der Waals surface area contributed by atoms with Gasteiger partial charge < -0.3 is 14.9 Å². The molecule has 2 aliphatic carbocycles. The molecule has 2 saturated carbocycles. The second-order valence-corrected chi connectivity index (χ2v) is 21.4. The molecule has 246 valence electrons. The summed E-state index contributed by atoms with van der Waals surface area (Å²) in [5, 5.41) is 9.54. The number of benzene rings is 4. The molecule has 3 atom stereocenters. The summed E-state index contributed by atoms with van der Waals surface area (Å²) in [6.45, 7) is 17.6. The Morgan fingerprint density at radius 1 is 0.556 bits per heavy atom. The quantitative estimate of drug-likeness (QED) is 0.112. The maximum absolute atomic E-state index is 2.63. The third-order valence-corrected chi connectivity index (χ3v) is 16.8. The van der Waals surface area contributed by atoms with E-state index in [9.17, 15) is 0 Å². The fourth-order valence-electron chi connectivity index (χ4n) is 8.48. The van der Waals surface area contributed by atoms with E-state index in [-0.39, 0.29) is 39.8 Å². The zero-order valence-corrected chi connectivity index (χ0v) is 32.6. The van der Waals surface area contributed by atoms with Crippen molar-refractivity contribution in [3.63, 3.8) is 0 Å². The smallest absolute Gasteiger partial charge is 0.358 e. The van der Waals surface area contributed by atoms with Crippen molar-refractivity contribution in [1.82, 2.24) is 0 Å². The van der Waals surface area contributed by atoms with Gasteiger partial charge in [0.1, 0.15) is 0 Å². The average Bonchev–Trinajstić information content (AvgIpc) is 3.68. The zero-order valence-electron chi connectivity index (χ0n) is 29.7. The Bertz CT molecular complexity index is 1350. The first-order valence-electron chi connectivity index (χ1n) is 16.6. The first-order valence-corrected chi connectivity index (χ1v) is 19.4. The van der Waals surface area contributed by atoms with E-state index in [1.807, 2.05) is 0 Å². The molecule has 3 heteroatoms. The van der Waals surface area contributed by atoms with Crippen molar-refractivity contribution < 1.29 is 17.1 Å². The van der Waals surface area contributed by atoms with Crippen molar-refractivity contribution in [1.29, 1.82) is 0 Å². The summed E-state index contributed by atoms with van der Waals surface area (Å²) in [7, 11) is -0.672. The SMILES string of the molecule is C1CCCC1.CC(C1CCCC1P(c1cccc2ccccc12)c1cccc2ccccc12)P(C(C)(C)C)C(C)(C)C.[CH3-].[CH3-].[Fe+2]. The number of rotatable bonds is 5. The van der Waals surface area contributed by atoms with Crippen LogP contribution in [-0.2, 0) is 17.1 Å². The van der Waals surface area contributed by atoms with Gasteiger partial charge in [-0.2, -0.15) is 0 Å². The monoisotopic (exact) mass is 682 g/mol. The minimum Gasteiger partial charge on any atom is -0.358 e. The minimum absolute atomic E-state index is 0. The van der Waals surface area contributed by atoms with Gasteiger partial charge in [-0.25, -0.2) is 0 Å². The first kappa shape index (κ1) is 40.0. The number of hydrogen-bond donors (Lipinski definition) is 0. The molecule has 4 aromatic rings. The van der Waals surface area contributed by atoms with Crippen molar-refractivity contribution in [3.05, 3.63) is 99.8 Å². The van der Waals surface area contributed by atoms with E-state index in [0.29, 0.717) is 10.3 Å². The van der Waals surface area contributed by atoms with Crippen LogP contribution < -0.4 is 10.6 Å². The third-order valence-electron chi connectivity index (χ3n) is 9.64. The summed E-state index contributed by atoms with van der Waals surface area (Å²) in [6.07, 6.45) is 11.6. The topological polar surface area (TPSA) is 0 Å². The van der Waals surface area contributed by atoms with Crippen LogP contribution in [0.25, 0.3) is 21.5 Å². The fraction of sp³-hybridized carbons (Fsp3) is 0.476. The zero-order chi connectivity index (χ0) is 29.9. The second-order valence-electron chi connectivity index (χ2n) is 14.7. The normalized spacial score (nSPS) is 19.0. The molecule has 0 heterocycles. The Hall–Kier alpha value is -1.22. The van der Waals surface area contributed by atoms with E-state index < -0.39 is 7.92 Å². The van der Waals surface area contributed by atoms with Gasteiger partial charge in [-0.1, -0.05) is 180 Å². The molecule has 0 nitrogen and oxygen atoms in total. The molecule has 0 N–H and O–H groups in total. The molecular weight excluding hydrogens is 622 g/mol. The van der Waals surface area contributed by atoms with Gasteiger partial charge >= 0.3 is 17.1 Å². The predicted octanol–water partition coefficient (Wildman–Crippen LogP) is 12.9. The van der Waals surface area contributed by atoms with Crippen molar-refractivity contribution >= 4 is 48.0 Å². The standard InChI is InChI=1S/C35H44P2.C5H10.2CH3.Fe/c1-25(37(34(2,3)4)35(5,6)7)28-21-14-24-31(28)36(32-22-12-17-26-15-8-10-19-29(26)32)33-23-13-18-27-16-9-11-20-30(27)33;1-2-4-5-3-1;;;/h8-13,15-20,22-23,25,28,31H,14,21,24H2,1-7H3;1-5H2;2*1H3;/q;;2*-1;+2. The molecule has 0 aliphatic heterocycles. The van der Waals surface area contributed by atoms with Gasteiger partial charge in [-0.15, -0.1) is 0 Å². The first-order chi connectivity index (χ1) is 20.1. The van der Waals surface area contributed by atoms with Crippen LogP contribution in [0.1, 0.15) is 99.8 Å². The Balaban J connectivity index is 0.000000805. The van der Waals surface area contributed by atoms with E-state index in [1.165, 1.54) is 72.9 Å². The van der Waals surface area contributed by atoms with Crippen molar-refractivity contribution in [2.75, 3.05) is 0 Å². The maximum Gasteiger partial charge on any atom is 2.00 e. The summed E-state index contributed by atoms with van der Waals surface area (Å²) in [5.41, 5.74) is 1.47. The Morgan fingerprint density at radius 3 is 1.38 bits per heavy atom. The summed E-state index contributed by atoms with van der Waals surface area (Å²) in [5.74, 6) is 0.772. The molecular formula is C42H60FeP2. The molecule has 6 rings (SSSR count). The van der Waals surface area contributed by atoms with Crippen LogP contribution >= 0.6 is 15.8 Å². The summed E-state index contributed by atoms with van der Waals surface area (Å²) in [4.78, 5) is 0. The van der Waals surface area contributed by atoms with E-state index >= 15 is 0 Å². The van der Waals surface area contributed by atoms with Gasteiger partial charge in [0, 0.05) is 0 Å². The van der Waals surface area contributed by atoms with E-state index in [0.717, 1.165) is 17.2 Å². The predicted molar refractivity (Wildman–Crippen MR) is 207 cm³/mol. The molecule has 0 spiro atoms. The molecule has 45 heavy (non-hydrogen) atoms.